The second-order valence-corrected chi connectivity index (χ2v) is 4.80. The van der Waals surface area contributed by atoms with Crippen LogP contribution in [0.3, 0.4) is 0 Å². The summed E-state index contributed by atoms with van der Waals surface area (Å²) in [6.07, 6.45) is 1.71. The Hall–Kier alpha value is -1.92. The van der Waals surface area contributed by atoms with Gasteiger partial charge in [-0.3, -0.25) is 14.7 Å². The number of aromatic nitrogens is 3. The zero-order valence-corrected chi connectivity index (χ0v) is 10.1. The maximum atomic E-state index is 12.3. The summed E-state index contributed by atoms with van der Waals surface area (Å²) in [7, 11) is 0. The molecule has 0 spiro atoms. The summed E-state index contributed by atoms with van der Waals surface area (Å²) in [5.41, 5.74) is 0. The Morgan fingerprint density at radius 2 is 2.33 bits per heavy atom. The minimum atomic E-state index is -0.189. The van der Waals surface area contributed by atoms with Gasteiger partial charge in [0.25, 0.3) is 5.91 Å². The molecule has 2 unspecified atom stereocenters. The molecule has 3 rings (SSSR count). The predicted octanol–water partition coefficient (Wildman–Crippen LogP) is -0.536. The monoisotopic (exact) mass is 249 g/mol. The number of carbonyl (C=O) groups is 2. The molecular weight excluding hydrogens is 234 g/mol. The Kier molecular flexibility index (Phi) is 2.53. The summed E-state index contributed by atoms with van der Waals surface area (Å²) >= 11 is 0. The van der Waals surface area contributed by atoms with Crippen molar-refractivity contribution in [3.8, 4) is 0 Å². The third-order valence-electron chi connectivity index (χ3n) is 3.65. The van der Waals surface area contributed by atoms with Gasteiger partial charge in [-0.15, -0.1) is 5.10 Å². The maximum Gasteiger partial charge on any atom is 0.293 e. The van der Waals surface area contributed by atoms with Crippen molar-refractivity contribution >= 4 is 11.8 Å². The number of aryl methyl sites for hydroxylation is 1. The number of rotatable bonds is 1. The number of carbonyl (C=O) groups excluding carboxylic acids is 2. The van der Waals surface area contributed by atoms with Crippen LogP contribution in [0.25, 0.3) is 0 Å². The van der Waals surface area contributed by atoms with E-state index in [1.54, 1.807) is 11.8 Å². The number of piperidine rings is 1. The number of likely N-dealkylation sites (tertiary alicyclic amines) is 1. The average molecular weight is 249 g/mol. The standard InChI is InChI=1S/C11H15N5O2/c1-6-13-9(15-14-6)11(18)16-4-2-3-7-8(16)5-12-10(7)17/h7-8H,2-5H2,1H3,(H,12,17)(H,13,14,15). The molecule has 1 aromatic rings. The highest BCUT2D eigenvalue weighted by Gasteiger charge is 2.43. The predicted molar refractivity (Wildman–Crippen MR) is 61.7 cm³/mol. The molecule has 2 saturated heterocycles. The third kappa shape index (κ3) is 1.66. The Balaban J connectivity index is 1.83. The molecule has 2 fully saturated rings. The van der Waals surface area contributed by atoms with Crippen LogP contribution in [0.5, 0.6) is 0 Å². The van der Waals surface area contributed by atoms with Gasteiger partial charge >= 0.3 is 0 Å². The summed E-state index contributed by atoms with van der Waals surface area (Å²) in [6.45, 7) is 2.96. The Bertz CT molecular complexity index is 497. The fraction of sp³-hybridized carbons (Fsp3) is 0.636. The highest BCUT2D eigenvalue weighted by Crippen LogP contribution is 2.28. The van der Waals surface area contributed by atoms with Crippen LogP contribution in [0.15, 0.2) is 0 Å². The van der Waals surface area contributed by atoms with Gasteiger partial charge in [0.15, 0.2) is 0 Å². The first-order chi connectivity index (χ1) is 8.66. The highest BCUT2D eigenvalue weighted by molar-refractivity contribution is 5.92. The van der Waals surface area contributed by atoms with Crippen LogP contribution in [0.4, 0.5) is 0 Å². The molecule has 2 N–H and O–H groups in total. The van der Waals surface area contributed by atoms with E-state index in [1.807, 2.05) is 0 Å². The van der Waals surface area contributed by atoms with Crippen molar-refractivity contribution in [3.63, 3.8) is 0 Å². The summed E-state index contributed by atoms with van der Waals surface area (Å²) < 4.78 is 0. The van der Waals surface area contributed by atoms with Crippen LogP contribution < -0.4 is 5.32 Å². The molecule has 0 radical (unpaired) electrons. The third-order valence-corrected chi connectivity index (χ3v) is 3.65. The normalized spacial score (nSPS) is 26.9. The van der Waals surface area contributed by atoms with Crippen molar-refractivity contribution in [2.75, 3.05) is 13.1 Å². The van der Waals surface area contributed by atoms with E-state index < -0.39 is 0 Å². The summed E-state index contributed by atoms with van der Waals surface area (Å²) in [6, 6.07) is -0.0439. The summed E-state index contributed by atoms with van der Waals surface area (Å²) in [5.74, 6) is 0.608. The van der Waals surface area contributed by atoms with Gasteiger partial charge in [-0.1, -0.05) is 0 Å². The second-order valence-electron chi connectivity index (χ2n) is 4.80. The molecule has 3 heterocycles. The molecule has 0 saturated carbocycles. The lowest BCUT2D eigenvalue weighted by Crippen LogP contribution is -2.49. The summed E-state index contributed by atoms with van der Waals surface area (Å²) in [5, 5.41) is 9.38. The van der Waals surface area contributed by atoms with Crippen LogP contribution in [-0.2, 0) is 4.79 Å². The smallest absolute Gasteiger partial charge is 0.293 e. The maximum absolute atomic E-state index is 12.3. The molecule has 18 heavy (non-hydrogen) atoms. The van der Waals surface area contributed by atoms with Crippen molar-refractivity contribution in [3.05, 3.63) is 11.6 Å². The number of nitrogens with one attached hydrogen (secondary N) is 2. The number of hydrogen-bond acceptors (Lipinski definition) is 4. The average Bonchev–Trinajstić information content (AvgIpc) is 2.96. The van der Waals surface area contributed by atoms with E-state index in [0.29, 0.717) is 18.9 Å². The number of H-pyrrole nitrogens is 1. The van der Waals surface area contributed by atoms with E-state index in [2.05, 4.69) is 20.5 Å². The molecular formula is C11H15N5O2. The van der Waals surface area contributed by atoms with Gasteiger partial charge in [0.2, 0.25) is 11.7 Å². The van der Waals surface area contributed by atoms with Crippen LogP contribution in [-0.4, -0.2) is 51.0 Å². The van der Waals surface area contributed by atoms with E-state index in [9.17, 15) is 9.59 Å². The number of aromatic amines is 1. The molecule has 0 aliphatic carbocycles. The topological polar surface area (TPSA) is 91.0 Å². The second kappa shape index (κ2) is 4.08. The molecule has 7 heteroatoms. The van der Waals surface area contributed by atoms with Crippen LogP contribution in [0.1, 0.15) is 29.3 Å². The Labute approximate surface area is 104 Å². The van der Waals surface area contributed by atoms with E-state index >= 15 is 0 Å². The Morgan fingerprint density at radius 3 is 3.06 bits per heavy atom. The fourth-order valence-electron chi connectivity index (χ4n) is 2.77. The number of fused-ring (bicyclic) bond motifs is 1. The Morgan fingerprint density at radius 1 is 1.50 bits per heavy atom. The van der Waals surface area contributed by atoms with Gasteiger partial charge in [-0.05, 0) is 19.8 Å². The first-order valence-electron chi connectivity index (χ1n) is 6.14. The fourth-order valence-corrected chi connectivity index (χ4v) is 2.77. The SMILES string of the molecule is Cc1nc(C(=O)N2CCCC3C(=O)NCC32)n[nH]1. The van der Waals surface area contributed by atoms with Crippen LogP contribution >= 0.6 is 0 Å². The number of amides is 2. The molecule has 0 bridgehead atoms. The van der Waals surface area contributed by atoms with Crippen molar-refractivity contribution in [2.24, 2.45) is 5.92 Å². The molecule has 2 amide bonds. The van der Waals surface area contributed by atoms with Gasteiger partial charge in [0.05, 0.1) is 12.0 Å². The van der Waals surface area contributed by atoms with Crippen molar-refractivity contribution < 1.29 is 9.59 Å². The van der Waals surface area contributed by atoms with E-state index in [4.69, 9.17) is 0 Å². The van der Waals surface area contributed by atoms with Gasteiger partial charge in [0.1, 0.15) is 5.82 Å². The molecule has 0 aromatic carbocycles. The molecule has 2 aliphatic heterocycles. The van der Waals surface area contributed by atoms with Crippen LogP contribution in [0.2, 0.25) is 0 Å². The van der Waals surface area contributed by atoms with Crippen molar-refractivity contribution in [2.45, 2.75) is 25.8 Å². The summed E-state index contributed by atoms with van der Waals surface area (Å²) in [4.78, 5) is 29.7. The molecule has 1 aromatic heterocycles. The molecule has 2 aliphatic rings. The lowest BCUT2D eigenvalue weighted by Gasteiger charge is -2.35. The minimum Gasteiger partial charge on any atom is -0.354 e. The zero-order chi connectivity index (χ0) is 12.7. The lowest BCUT2D eigenvalue weighted by atomic mass is 9.91. The first-order valence-corrected chi connectivity index (χ1v) is 6.14. The van der Waals surface area contributed by atoms with Gasteiger partial charge < -0.3 is 10.2 Å². The first kappa shape index (κ1) is 11.2. The van der Waals surface area contributed by atoms with E-state index in [1.165, 1.54) is 0 Å². The minimum absolute atomic E-state index is 0.0439. The van der Waals surface area contributed by atoms with E-state index in [-0.39, 0.29) is 29.6 Å². The molecule has 7 nitrogen and oxygen atoms in total. The lowest BCUT2D eigenvalue weighted by molar-refractivity contribution is -0.123. The van der Waals surface area contributed by atoms with Crippen LogP contribution in [0, 0.1) is 12.8 Å². The van der Waals surface area contributed by atoms with Gasteiger partial charge in [0, 0.05) is 13.1 Å². The molecule has 2 atom stereocenters. The number of nitrogens with zero attached hydrogens (tertiary/aromatic N) is 3. The van der Waals surface area contributed by atoms with Gasteiger partial charge in [-0.2, -0.15) is 0 Å². The highest BCUT2D eigenvalue weighted by atomic mass is 16.2. The number of hydrogen-bond donors (Lipinski definition) is 2. The quantitative estimate of drug-likeness (QED) is 0.699. The van der Waals surface area contributed by atoms with Crippen molar-refractivity contribution in [1.82, 2.24) is 25.4 Å². The molecule has 96 valence electrons. The zero-order valence-electron chi connectivity index (χ0n) is 10.1. The van der Waals surface area contributed by atoms with Gasteiger partial charge in [-0.25, -0.2) is 4.98 Å². The largest absolute Gasteiger partial charge is 0.354 e. The van der Waals surface area contributed by atoms with Crippen molar-refractivity contribution in [1.29, 1.82) is 0 Å². The van der Waals surface area contributed by atoms with E-state index in [0.717, 1.165) is 12.8 Å².